The molecule has 1 aromatic rings. The average Bonchev–Trinajstić information content (AvgIpc) is 2.44. The average molecular weight is 197 g/mol. The summed E-state index contributed by atoms with van der Waals surface area (Å²) < 4.78 is 13.2. The van der Waals surface area contributed by atoms with Crippen molar-refractivity contribution < 1.29 is 9.18 Å². The molecule has 0 spiro atoms. The Morgan fingerprint density at radius 2 is 2.23 bits per heavy atom. The molecule has 0 unspecified atom stereocenters. The van der Waals surface area contributed by atoms with Crippen LogP contribution in [0.25, 0.3) is 5.03 Å². The van der Waals surface area contributed by atoms with Crippen LogP contribution in [0.3, 0.4) is 0 Å². The lowest BCUT2D eigenvalue weighted by Crippen LogP contribution is -1.87. The lowest BCUT2D eigenvalue weighted by Gasteiger charge is -1.99. The van der Waals surface area contributed by atoms with Crippen molar-refractivity contribution in [3.8, 4) is 0 Å². The van der Waals surface area contributed by atoms with Crippen molar-refractivity contribution in [1.82, 2.24) is 0 Å². The Labute approximate surface area is 79.8 Å². The standard InChI is InChI=1S/C10H6ClFO/c11-10-7(5-13)4-6-2-1-3-8(12)9(6)10/h1-3,5H,4H2. The number of fused-ring (bicyclic) bond motifs is 1. The van der Waals surface area contributed by atoms with Crippen LogP contribution in [0.4, 0.5) is 4.39 Å². The fourth-order valence-corrected chi connectivity index (χ4v) is 1.82. The fraction of sp³-hybridized carbons (Fsp3) is 0.100. The van der Waals surface area contributed by atoms with E-state index in [4.69, 9.17) is 11.6 Å². The van der Waals surface area contributed by atoms with Gasteiger partial charge in [0.25, 0.3) is 0 Å². The highest BCUT2D eigenvalue weighted by Gasteiger charge is 2.22. The first-order chi connectivity index (χ1) is 6.24. The Hall–Kier alpha value is -1.15. The third-order valence-corrected chi connectivity index (χ3v) is 2.56. The van der Waals surface area contributed by atoms with E-state index in [0.717, 1.165) is 5.56 Å². The minimum atomic E-state index is -0.362. The highest BCUT2D eigenvalue weighted by Crippen LogP contribution is 2.36. The molecule has 0 radical (unpaired) electrons. The molecular weight excluding hydrogens is 191 g/mol. The number of benzene rings is 1. The van der Waals surface area contributed by atoms with Crippen molar-refractivity contribution in [1.29, 1.82) is 0 Å². The predicted octanol–water partition coefficient (Wildman–Crippen LogP) is 2.53. The van der Waals surface area contributed by atoms with Crippen molar-refractivity contribution in [3.63, 3.8) is 0 Å². The summed E-state index contributed by atoms with van der Waals surface area (Å²) in [6.45, 7) is 0. The van der Waals surface area contributed by atoms with Gasteiger partial charge >= 0.3 is 0 Å². The number of aldehydes is 1. The molecule has 0 N–H and O–H groups in total. The Bertz CT molecular complexity index is 409. The maximum atomic E-state index is 13.2. The molecule has 0 heterocycles. The molecule has 0 saturated heterocycles. The van der Waals surface area contributed by atoms with Crippen molar-refractivity contribution >= 4 is 22.9 Å². The number of hydrogen-bond donors (Lipinski definition) is 0. The van der Waals surface area contributed by atoms with Gasteiger partial charge in [0.1, 0.15) is 12.1 Å². The first-order valence-electron chi connectivity index (χ1n) is 3.85. The minimum Gasteiger partial charge on any atom is -0.298 e. The molecule has 1 aliphatic rings. The lowest BCUT2D eigenvalue weighted by atomic mass is 10.1. The van der Waals surface area contributed by atoms with E-state index < -0.39 is 0 Å². The van der Waals surface area contributed by atoms with Gasteiger partial charge in [-0.25, -0.2) is 4.39 Å². The topological polar surface area (TPSA) is 17.1 Å². The Morgan fingerprint density at radius 1 is 1.46 bits per heavy atom. The van der Waals surface area contributed by atoms with E-state index in [1.165, 1.54) is 6.07 Å². The third kappa shape index (κ3) is 1.18. The number of allylic oxidation sites excluding steroid dienone is 1. The molecule has 1 nitrogen and oxygen atoms in total. The zero-order valence-corrected chi connectivity index (χ0v) is 7.44. The molecule has 0 saturated carbocycles. The molecule has 0 aliphatic heterocycles. The van der Waals surface area contributed by atoms with Crippen molar-refractivity contribution in [3.05, 3.63) is 40.7 Å². The molecule has 3 heteroatoms. The van der Waals surface area contributed by atoms with E-state index in [2.05, 4.69) is 0 Å². The van der Waals surface area contributed by atoms with Gasteiger partial charge in [0, 0.05) is 17.6 Å². The van der Waals surface area contributed by atoms with Crippen LogP contribution in [0, 0.1) is 5.82 Å². The van der Waals surface area contributed by atoms with Crippen molar-refractivity contribution in [2.75, 3.05) is 0 Å². The molecule has 1 aliphatic carbocycles. The largest absolute Gasteiger partial charge is 0.298 e. The van der Waals surface area contributed by atoms with E-state index >= 15 is 0 Å². The maximum absolute atomic E-state index is 13.2. The summed E-state index contributed by atoms with van der Waals surface area (Å²) in [6.07, 6.45) is 1.12. The summed E-state index contributed by atoms with van der Waals surface area (Å²) in [4.78, 5) is 10.5. The molecule has 66 valence electrons. The number of halogens is 2. The SMILES string of the molecule is O=CC1=C(Cl)c2c(F)cccc2C1. The molecular formula is C10H6ClFO. The number of rotatable bonds is 1. The van der Waals surface area contributed by atoms with Crippen molar-refractivity contribution in [2.45, 2.75) is 6.42 Å². The number of carbonyl (C=O) groups is 1. The van der Waals surface area contributed by atoms with Gasteiger partial charge < -0.3 is 0 Å². The van der Waals surface area contributed by atoms with E-state index in [1.807, 2.05) is 0 Å². The molecule has 0 amide bonds. The van der Waals surface area contributed by atoms with Gasteiger partial charge in [-0.15, -0.1) is 0 Å². The van der Waals surface area contributed by atoms with Crippen LogP contribution in [-0.2, 0) is 11.2 Å². The molecule has 0 atom stereocenters. The number of hydrogen-bond acceptors (Lipinski definition) is 1. The van der Waals surface area contributed by atoms with Crippen LogP contribution in [0.2, 0.25) is 0 Å². The monoisotopic (exact) mass is 196 g/mol. The summed E-state index contributed by atoms with van der Waals surface area (Å²) in [5, 5.41) is 0.253. The van der Waals surface area contributed by atoms with Gasteiger partial charge in [-0.3, -0.25) is 4.79 Å². The zero-order chi connectivity index (χ0) is 9.42. The first-order valence-corrected chi connectivity index (χ1v) is 4.23. The molecule has 13 heavy (non-hydrogen) atoms. The van der Waals surface area contributed by atoms with Gasteiger partial charge in [0.2, 0.25) is 0 Å². The number of carbonyl (C=O) groups excluding carboxylic acids is 1. The Balaban J connectivity index is 2.64. The second-order valence-corrected chi connectivity index (χ2v) is 3.29. The minimum absolute atomic E-state index is 0.253. The molecule has 0 fully saturated rings. The van der Waals surface area contributed by atoms with Crippen LogP contribution >= 0.6 is 11.6 Å². The highest BCUT2D eigenvalue weighted by molar-refractivity contribution is 6.51. The van der Waals surface area contributed by atoms with E-state index in [-0.39, 0.29) is 10.8 Å². The smallest absolute Gasteiger partial charge is 0.147 e. The predicted molar refractivity (Wildman–Crippen MR) is 48.9 cm³/mol. The van der Waals surface area contributed by atoms with Gasteiger partial charge in [0.05, 0.1) is 5.03 Å². The molecule has 0 bridgehead atoms. The van der Waals surface area contributed by atoms with Crippen LogP contribution < -0.4 is 0 Å². The van der Waals surface area contributed by atoms with Crippen LogP contribution in [0.1, 0.15) is 11.1 Å². The van der Waals surface area contributed by atoms with Gasteiger partial charge in [-0.2, -0.15) is 0 Å². The summed E-state index contributed by atoms with van der Waals surface area (Å²) in [5.41, 5.74) is 1.63. The molecule has 0 aromatic heterocycles. The summed E-state index contributed by atoms with van der Waals surface area (Å²) in [6, 6.07) is 4.73. The van der Waals surface area contributed by atoms with E-state index in [1.54, 1.807) is 12.1 Å². The van der Waals surface area contributed by atoms with Crippen LogP contribution in [0.15, 0.2) is 23.8 Å². The Kier molecular flexibility index (Phi) is 1.93. The maximum Gasteiger partial charge on any atom is 0.147 e. The van der Waals surface area contributed by atoms with Gasteiger partial charge in [-0.1, -0.05) is 23.7 Å². The second-order valence-electron chi connectivity index (χ2n) is 2.91. The third-order valence-electron chi connectivity index (χ3n) is 2.12. The molecule has 1 aromatic carbocycles. The molecule has 2 rings (SSSR count). The van der Waals surface area contributed by atoms with E-state index in [0.29, 0.717) is 23.8 Å². The fourth-order valence-electron chi connectivity index (χ4n) is 1.50. The van der Waals surface area contributed by atoms with Gasteiger partial charge in [0.15, 0.2) is 0 Å². The zero-order valence-electron chi connectivity index (χ0n) is 6.68. The summed E-state index contributed by atoms with van der Waals surface area (Å²) in [7, 11) is 0. The van der Waals surface area contributed by atoms with Crippen LogP contribution in [-0.4, -0.2) is 6.29 Å². The normalized spacial score (nSPS) is 14.6. The van der Waals surface area contributed by atoms with Crippen molar-refractivity contribution in [2.24, 2.45) is 0 Å². The first kappa shape index (κ1) is 8.45. The summed E-state index contributed by atoms with van der Waals surface area (Å²) >= 11 is 5.82. The summed E-state index contributed by atoms with van der Waals surface area (Å²) in [5.74, 6) is -0.362. The quantitative estimate of drug-likeness (QED) is 0.631. The highest BCUT2D eigenvalue weighted by atomic mass is 35.5. The van der Waals surface area contributed by atoms with Gasteiger partial charge in [-0.05, 0) is 11.6 Å². The van der Waals surface area contributed by atoms with Crippen LogP contribution in [0.5, 0.6) is 0 Å². The van der Waals surface area contributed by atoms with E-state index in [9.17, 15) is 9.18 Å². The Morgan fingerprint density at radius 3 is 2.85 bits per heavy atom. The second kappa shape index (κ2) is 2.96. The lowest BCUT2D eigenvalue weighted by molar-refractivity contribution is -0.104.